The number of anilines is 2. The van der Waals surface area contributed by atoms with Gasteiger partial charge in [0, 0.05) is 14.1 Å². The highest BCUT2D eigenvalue weighted by Gasteiger charge is 2.29. The van der Waals surface area contributed by atoms with Gasteiger partial charge in [-0.05, 0) is 12.1 Å². The normalized spacial score (nSPS) is 15.8. The van der Waals surface area contributed by atoms with Crippen molar-refractivity contribution in [3.63, 3.8) is 0 Å². The fourth-order valence-electron chi connectivity index (χ4n) is 2.33. The van der Waals surface area contributed by atoms with E-state index in [0.29, 0.717) is 11.5 Å². The topological polar surface area (TPSA) is 118 Å². The number of aromatic nitrogens is 2. The van der Waals surface area contributed by atoms with Gasteiger partial charge in [0.15, 0.2) is 11.5 Å². The number of fused-ring (bicyclic) bond motifs is 1. The number of benzene rings is 1. The molecule has 1 aromatic heterocycles. The van der Waals surface area contributed by atoms with Crippen molar-refractivity contribution >= 4 is 17.4 Å². The zero-order valence-electron chi connectivity index (χ0n) is 13.1. The maximum Gasteiger partial charge on any atom is 0.332 e. The molecule has 0 saturated carbocycles. The van der Waals surface area contributed by atoms with Crippen molar-refractivity contribution in [3.05, 3.63) is 45.1 Å². The molecule has 1 aromatic carbocycles. The fourth-order valence-corrected chi connectivity index (χ4v) is 2.33. The van der Waals surface area contributed by atoms with Gasteiger partial charge in [0.05, 0.1) is 0 Å². The van der Waals surface area contributed by atoms with Crippen molar-refractivity contribution in [1.29, 1.82) is 0 Å². The number of nitrogen functional groups attached to an aromatic ring is 1. The summed E-state index contributed by atoms with van der Waals surface area (Å²) in [6.07, 6.45) is -0.943. The minimum Gasteiger partial charge on any atom is -0.485 e. The van der Waals surface area contributed by atoms with Gasteiger partial charge in [0.1, 0.15) is 18.1 Å². The Hall–Kier alpha value is -3.23. The van der Waals surface area contributed by atoms with Crippen LogP contribution in [0.4, 0.5) is 11.5 Å². The van der Waals surface area contributed by atoms with E-state index in [-0.39, 0.29) is 18.1 Å². The van der Waals surface area contributed by atoms with E-state index < -0.39 is 23.3 Å². The largest absolute Gasteiger partial charge is 0.485 e. The smallest absolute Gasteiger partial charge is 0.332 e. The van der Waals surface area contributed by atoms with Crippen LogP contribution in [0.1, 0.15) is 0 Å². The first-order chi connectivity index (χ1) is 11.4. The lowest BCUT2D eigenvalue weighted by Crippen LogP contribution is -2.44. The second kappa shape index (κ2) is 5.76. The number of ether oxygens (including phenoxy) is 2. The Morgan fingerprint density at radius 3 is 2.58 bits per heavy atom. The minimum atomic E-state index is -0.943. The fraction of sp³-hybridized carbons (Fsp3) is 0.267. The second-order valence-corrected chi connectivity index (χ2v) is 5.32. The van der Waals surface area contributed by atoms with Crippen molar-refractivity contribution in [2.75, 3.05) is 17.7 Å². The predicted molar refractivity (Wildman–Crippen MR) is 86.3 cm³/mol. The van der Waals surface area contributed by atoms with Crippen molar-refractivity contribution in [2.24, 2.45) is 14.1 Å². The van der Waals surface area contributed by atoms with Crippen LogP contribution in [0.15, 0.2) is 33.9 Å². The van der Waals surface area contributed by atoms with Gasteiger partial charge in [-0.3, -0.25) is 18.7 Å². The number of carbonyl (C=O) groups excluding carboxylic acids is 1. The summed E-state index contributed by atoms with van der Waals surface area (Å²) in [5.41, 5.74) is 4.32. The van der Waals surface area contributed by atoms with Crippen LogP contribution in [-0.4, -0.2) is 27.8 Å². The minimum absolute atomic E-state index is 0.00513. The zero-order chi connectivity index (χ0) is 17.4. The molecule has 3 N–H and O–H groups in total. The summed E-state index contributed by atoms with van der Waals surface area (Å²) in [6.45, 7) is -0.00513. The summed E-state index contributed by atoms with van der Waals surface area (Å²) in [6, 6.07) is 6.94. The number of hydrogen-bond donors (Lipinski definition) is 2. The van der Waals surface area contributed by atoms with Crippen molar-refractivity contribution in [1.82, 2.24) is 9.13 Å². The van der Waals surface area contributed by atoms with E-state index in [1.807, 2.05) is 0 Å². The molecular weight excluding hydrogens is 316 g/mol. The van der Waals surface area contributed by atoms with Gasteiger partial charge in [0.2, 0.25) is 6.10 Å². The number of nitrogens with zero attached hydrogens (tertiary/aromatic N) is 2. The molecule has 1 unspecified atom stereocenters. The highest BCUT2D eigenvalue weighted by Crippen LogP contribution is 2.31. The summed E-state index contributed by atoms with van der Waals surface area (Å²) >= 11 is 0. The third-order valence-corrected chi connectivity index (χ3v) is 3.76. The Balaban J connectivity index is 1.87. The van der Waals surface area contributed by atoms with E-state index in [9.17, 15) is 14.4 Å². The summed E-state index contributed by atoms with van der Waals surface area (Å²) in [7, 11) is 2.71. The number of nitrogens with two attached hydrogens (primary N) is 1. The number of hydrogen-bond acceptors (Lipinski definition) is 6. The Bertz CT molecular complexity index is 930. The maximum atomic E-state index is 12.4. The van der Waals surface area contributed by atoms with E-state index in [2.05, 4.69) is 5.32 Å². The molecule has 9 nitrogen and oxygen atoms in total. The Labute approximate surface area is 136 Å². The molecule has 3 rings (SSSR count). The number of nitrogens with one attached hydrogen (secondary N) is 1. The van der Waals surface area contributed by atoms with E-state index in [1.165, 1.54) is 14.1 Å². The van der Waals surface area contributed by atoms with Gasteiger partial charge < -0.3 is 20.5 Å². The van der Waals surface area contributed by atoms with Crippen LogP contribution in [0.5, 0.6) is 11.5 Å². The van der Waals surface area contributed by atoms with Gasteiger partial charge in [0.25, 0.3) is 11.5 Å². The molecule has 24 heavy (non-hydrogen) atoms. The molecule has 1 aliphatic heterocycles. The van der Waals surface area contributed by atoms with E-state index in [1.54, 1.807) is 24.3 Å². The number of amides is 1. The van der Waals surface area contributed by atoms with Crippen LogP contribution in [0.2, 0.25) is 0 Å². The molecule has 0 aliphatic carbocycles. The lowest BCUT2D eigenvalue weighted by Gasteiger charge is -2.25. The van der Waals surface area contributed by atoms with Gasteiger partial charge in [-0.25, -0.2) is 4.79 Å². The standard InChI is InChI=1S/C15H16N4O5/c1-18-12(16)11(14(21)19(2)15(18)22)17-13(20)10-7-23-8-5-3-4-6-9(8)24-10/h3-6,10H,7,16H2,1-2H3,(H,17,20). The SMILES string of the molecule is Cn1c(N)c(NC(=O)C2COc3ccccc3O2)c(=O)n(C)c1=O. The third kappa shape index (κ3) is 2.49. The summed E-state index contributed by atoms with van der Waals surface area (Å²) in [4.78, 5) is 36.3. The molecule has 0 radical (unpaired) electrons. The second-order valence-electron chi connectivity index (χ2n) is 5.32. The molecule has 1 atom stereocenters. The first-order valence-corrected chi connectivity index (χ1v) is 7.15. The number of rotatable bonds is 2. The monoisotopic (exact) mass is 332 g/mol. The molecule has 126 valence electrons. The highest BCUT2D eigenvalue weighted by molar-refractivity contribution is 5.96. The van der Waals surface area contributed by atoms with Gasteiger partial charge in [-0.1, -0.05) is 12.1 Å². The molecule has 9 heteroatoms. The lowest BCUT2D eigenvalue weighted by atomic mass is 10.2. The van der Waals surface area contributed by atoms with Crippen molar-refractivity contribution in [2.45, 2.75) is 6.10 Å². The first kappa shape index (κ1) is 15.7. The van der Waals surface area contributed by atoms with Crippen LogP contribution in [0, 0.1) is 0 Å². The highest BCUT2D eigenvalue weighted by atomic mass is 16.6. The van der Waals surface area contributed by atoms with Gasteiger partial charge in [-0.15, -0.1) is 0 Å². The summed E-state index contributed by atoms with van der Waals surface area (Å²) in [5.74, 6) is 0.254. The van der Waals surface area contributed by atoms with Crippen LogP contribution >= 0.6 is 0 Å². The Morgan fingerprint density at radius 1 is 1.21 bits per heavy atom. The van der Waals surface area contributed by atoms with Crippen molar-refractivity contribution in [3.8, 4) is 11.5 Å². The molecule has 1 amide bonds. The molecule has 0 fully saturated rings. The Morgan fingerprint density at radius 2 is 1.88 bits per heavy atom. The van der Waals surface area contributed by atoms with Crippen molar-refractivity contribution < 1.29 is 14.3 Å². The molecule has 2 heterocycles. The van der Waals surface area contributed by atoms with Crippen LogP contribution in [0.25, 0.3) is 0 Å². The zero-order valence-corrected chi connectivity index (χ0v) is 13.1. The molecule has 0 saturated heterocycles. The molecular formula is C15H16N4O5. The van der Waals surface area contributed by atoms with Crippen LogP contribution in [0.3, 0.4) is 0 Å². The average molecular weight is 332 g/mol. The average Bonchev–Trinajstić information content (AvgIpc) is 2.61. The first-order valence-electron chi connectivity index (χ1n) is 7.15. The van der Waals surface area contributed by atoms with Gasteiger partial charge in [-0.2, -0.15) is 0 Å². The number of para-hydroxylation sites is 2. The lowest BCUT2D eigenvalue weighted by molar-refractivity contribution is -0.125. The summed E-state index contributed by atoms with van der Waals surface area (Å²) < 4.78 is 13.0. The molecule has 0 bridgehead atoms. The summed E-state index contributed by atoms with van der Waals surface area (Å²) in [5, 5.41) is 2.43. The molecule has 2 aromatic rings. The Kier molecular flexibility index (Phi) is 3.76. The van der Waals surface area contributed by atoms with E-state index >= 15 is 0 Å². The maximum absolute atomic E-state index is 12.4. The number of carbonyl (C=O) groups is 1. The van der Waals surface area contributed by atoms with E-state index in [4.69, 9.17) is 15.2 Å². The third-order valence-electron chi connectivity index (χ3n) is 3.76. The van der Waals surface area contributed by atoms with Crippen LogP contribution in [-0.2, 0) is 18.9 Å². The predicted octanol–water partition coefficient (Wildman–Crippen LogP) is -0.555. The quantitative estimate of drug-likeness (QED) is 0.761. The molecule has 1 aliphatic rings. The van der Waals surface area contributed by atoms with E-state index in [0.717, 1.165) is 9.13 Å². The van der Waals surface area contributed by atoms with Crippen LogP contribution < -0.4 is 31.8 Å². The van der Waals surface area contributed by atoms with Gasteiger partial charge >= 0.3 is 5.69 Å². The molecule has 0 spiro atoms.